The van der Waals surface area contributed by atoms with Crippen molar-refractivity contribution in [3.05, 3.63) is 126 Å². The molecule has 1 heterocycles. The molecule has 11 nitrogen and oxygen atoms in total. The van der Waals surface area contributed by atoms with Gasteiger partial charge in [-0.1, -0.05) is 149 Å². The standard InChI is InChI=1S/C60H78N2O9/c1-4-7-8-9-10-11-12-13-14-21-37-67-59(66)62(42-47-28-23-27-45-25-15-16-30-50(45)47)56-41-54(61-69-6-3)52-39-46(26-17-19-34-63)51(31-18-20-35-64)57-53-40-49(70-48-29-22-24-44(38-48)43-65)32-33-55(53)71-60(56,58(52)57)68-36-5-2/h5,15-16,22-25,27-30,32-33,38-40,43,46,51,56-58,63-64H,2,4,6-14,17-21,26,31,34-37,41-42H2,1,3H3/t46-,51+,56-,57+,58+,60+/m0/s1. The average Bonchev–Trinajstić information content (AvgIpc) is 3.39. The van der Waals surface area contributed by atoms with Crippen LogP contribution in [0.2, 0.25) is 0 Å². The molecule has 11 heteroatoms. The summed E-state index contributed by atoms with van der Waals surface area (Å²) in [6.07, 6.45) is 20.9. The highest BCUT2D eigenvalue weighted by atomic mass is 16.7. The molecule has 1 amide bonds. The molecule has 3 aliphatic rings. The quantitative estimate of drug-likeness (QED) is 0.0226. The van der Waals surface area contributed by atoms with Crippen LogP contribution in [0, 0.1) is 17.8 Å². The number of fused-ring (bicyclic) bond motifs is 3. The van der Waals surface area contributed by atoms with Crippen molar-refractivity contribution >= 4 is 28.9 Å². The highest BCUT2D eigenvalue weighted by molar-refractivity contribution is 6.03. The number of nitrogens with zero attached hydrogens (tertiary/aromatic N) is 2. The molecular weight excluding hydrogens is 893 g/mol. The van der Waals surface area contributed by atoms with E-state index in [1.165, 1.54) is 44.9 Å². The molecule has 2 N–H and O–H groups in total. The maximum atomic E-state index is 15.3. The monoisotopic (exact) mass is 971 g/mol. The van der Waals surface area contributed by atoms with Gasteiger partial charge in [-0.3, -0.25) is 9.69 Å². The number of aliphatic hydroxyl groups excluding tert-OH is 2. The number of benzene rings is 4. The third-order valence-corrected chi connectivity index (χ3v) is 14.7. The summed E-state index contributed by atoms with van der Waals surface area (Å²) in [7, 11) is 0. The first-order chi connectivity index (χ1) is 34.9. The normalized spacial score (nSPS) is 21.7. The predicted molar refractivity (Wildman–Crippen MR) is 281 cm³/mol. The lowest BCUT2D eigenvalue weighted by molar-refractivity contribution is -0.256. The van der Waals surface area contributed by atoms with E-state index < -0.39 is 23.8 Å². The van der Waals surface area contributed by atoms with Gasteiger partial charge in [0.05, 0.1) is 31.4 Å². The van der Waals surface area contributed by atoms with Crippen molar-refractivity contribution in [2.75, 3.05) is 33.0 Å². The van der Waals surface area contributed by atoms with Crippen LogP contribution in [0.25, 0.3) is 10.8 Å². The van der Waals surface area contributed by atoms with Crippen LogP contribution >= 0.6 is 0 Å². The Kier molecular flexibility index (Phi) is 20.5. The number of oxime groups is 1. The zero-order chi connectivity index (χ0) is 49.8. The second-order valence-electron chi connectivity index (χ2n) is 19.5. The molecular formula is C60H78N2O9. The number of amides is 1. The molecule has 6 atom stereocenters. The Balaban J connectivity index is 1.35. The molecule has 0 bridgehead atoms. The molecule has 0 radical (unpaired) electrons. The second-order valence-corrected chi connectivity index (χ2v) is 19.5. The highest BCUT2D eigenvalue weighted by Gasteiger charge is 2.65. The predicted octanol–water partition coefficient (Wildman–Crippen LogP) is 13.7. The van der Waals surface area contributed by atoms with Crippen LogP contribution in [0.15, 0.2) is 114 Å². The molecule has 0 aromatic heterocycles. The lowest BCUT2D eigenvalue weighted by atomic mass is 9.55. The average molecular weight is 971 g/mol. The largest absolute Gasteiger partial charge is 0.459 e. The smallest absolute Gasteiger partial charge is 0.410 e. The third-order valence-electron chi connectivity index (χ3n) is 14.7. The number of hydrogen-bond donors (Lipinski definition) is 2. The molecule has 1 aliphatic heterocycles. The number of carbonyl (C=O) groups excluding carboxylic acids is 2. The van der Waals surface area contributed by atoms with Crippen molar-refractivity contribution in [3.63, 3.8) is 0 Å². The Morgan fingerprint density at radius 2 is 1.55 bits per heavy atom. The van der Waals surface area contributed by atoms with Crippen LogP contribution in [-0.4, -0.2) is 78.1 Å². The van der Waals surface area contributed by atoms with Crippen molar-refractivity contribution in [1.29, 1.82) is 0 Å². The van der Waals surface area contributed by atoms with Gasteiger partial charge in [0.25, 0.3) is 0 Å². The topological polar surface area (TPSA) is 136 Å². The number of ether oxygens (including phenoxy) is 4. The summed E-state index contributed by atoms with van der Waals surface area (Å²) < 4.78 is 27.6. The molecule has 4 aromatic rings. The molecule has 71 heavy (non-hydrogen) atoms. The minimum atomic E-state index is -1.46. The third kappa shape index (κ3) is 13.3. The molecule has 4 aromatic carbocycles. The Bertz CT molecular complexity index is 2390. The lowest BCUT2D eigenvalue weighted by Gasteiger charge is -2.59. The molecule has 2 aliphatic carbocycles. The first-order valence-corrected chi connectivity index (χ1v) is 26.7. The van der Waals surface area contributed by atoms with Crippen LogP contribution in [-0.2, 0) is 20.9 Å². The van der Waals surface area contributed by atoms with Crippen LogP contribution in [0.5, 0.6) is 17.2 Å². The maximum Gasteiger partial charge on any atom is 0.410 e. The summed E-state index contributed by atoms with van der Waals surface area (Å²) in [5.74, 6) is -0.386. The highest BCUT2D eigenvalue weighted by Crippen LogP contribution is 2.62. The van der Waals surface area contributed by atoms with Gasteiger partial charge in [0.1, 0.15) is 36.2 Å². The summed E-state index contributed by atoms with van der Waals surface area (Å²) in [5, 5.41) is 27.1. The Labute approximate surface area is 422 Å². The van der Waals surface area contributed by atoms with E-state index in [0.29, 0.717) is 42.3 Å². The maximum absolute atomic E-state index is 15.3. The van der Waals surface area contributed by atoms with E-state index in [4.69, 9.17) is 28.9 Å². The summed E-state index contributed by atoms with van der Waals surface area (Å²) >= 11 is 0. The molecule has 0 spiro atoms. The first kappa shape index (κ1) is 53.3. The molecule has 0 unspecified atom stereocenters. The van der Waals surface area contributed by atoms with Crippen LogP contribution in [0.4, 0.5) is 4.79 Å². The zero-order valence-corrected chi connectivity index (χ0v) is 42.3. The molecule has 0 saturated heterocycles. The number of hydrogen-bond acceptors (Lipinski definition) is 10. The fourth-order valence-corrected chi connectivity index (χ4v) is 11.4. The summed E-state index contributed by atoms with van der Waals surface area (Å²) in [5.41, 5.74) is 4.08. The fourth-order valence-electron chi connectivity index (χ4n) is 11.4. The van der Waals surface area contributed by atoms with E-state index in [2.05, 4.69) is 49.9 Å². The second kappa shape index (κ2) is 27.4. The number of aliphatic hydroxyl groups is 2. The molecule has 382 valence electrons. The van der Waals surface area contributed by atoms with Gasteiger partial charge in [-0.2, -0.15) is 0 Å². The number of rotatable bonds is 30. The fraction of sp³-hybridized carbons (Fsp3) is 0.517. The summed E-state index contributed by atoms with van der Waals surface area (Å²) in [6, 6.07) is 26.6. The number of aldehydes is 1. The van der Waals surface area contributed by atoms with Crippen molar-refractivity contribution in [2.45, 2.75) is 147 Å². The van der Waals surface area contributed by atoms with Crippen molar-refractivity contribution in [2.24, 2.45) is 22.9 Å². The minimum Gasteiger partial charge on any atom is -0.459 e. The van der Waals surface area contributed by atoms with Gasteiger partial charge in [0.2, 0.25) is 5.79 Å². The first-order valence-electron chi connectivity index (χ1n) is 26.7. The van der Waals surface area contributed by atoms with Gasteiger partial charge >= 0.3 is 6.09 Å². The SMILES string of the molecule is C=CCO[C@@]12Oc3ccc(Oc4cccc(C=O)c4)cc3[C@H]3[C@H](CCCCO)[C@@H](CCCCO)C=C(C(=NOCC)C[C@@H]1N(Cc1cccc4ccccc14)C(=O)OCCCCCCCCCCCC)[C@H]32. The Morgan fingerprint density at radius 1 is 0.831 bits per heavy atom. The Morgan fingerprint density at radius 3 is 2.30 bits per heavy atom. The van der Waals surface area contributed by atoms with Crippen molar-refractivity contribution in [1.82, 2.24) is 4.90 Å². The van der Waals surface area contributed by atoms with E-state index in [0.717, 1.165) is 84.4 Å². The number of allylic oxidation sites excluding steroid dienone is 1. The molecule has 7 rings (SSSR count). The van der Waals surface area contributed by atoms with E-state index in [1.54, 1.807) is 24.3 Å². The van der Waals surface area contributed by atoms with Crippen molar-refractivity contribution in [3.8, 4) is 17.2 Å². The lowest BCUT2D eigenvalue weighted by Crippen LogP contribution is -2.70. The van der Waals surface area contributed by atoms with Crippen molar-refractivity contribution < 1.29 is 43.6 Å². The van der Waals surface area contributed by atoms with E-state index >= 15 is 4.79 Å². The van der Waals surface area contributed by atoms with E-state index in [9.17, 15) is 15.0 Å². The van der Waals surface area contributed by atoms with Crippen LogP contribution in [0.1, 0.15) is 150 Å². The van der Waals surface area contributed by atoms with Gasteiger partial charge < -0.3 is 34.0 Å². The minimum absolute atomic E-state index is 0.0268. The molecule has 1 saturated carbocycles. The van der Waals surface area contributed by atoms with Gasteiger partial charge in [-0.05, 0) is 103 Å². The number of carbonyl (C=O) groups is 2. The molecule has 1 fully saturated rings. The van der Waals surface area contributed by atoms with Gasteiger partial charge in [0.15, 0.2) is 0 Å². The summed E-state index contributed by atoms with van der Waals surface area (Å²) in [6.45, 7) is 9.45. The zero-order valence-electron chi connectivity index (χ0n) is 42.3. The Hall–Kier alpha value is -5.49. The van der Waals surface area contributed by atoms with Crippen LogP contribution < -0.4 is 9.47 Å². The van der Waals surface area contributed by atoms with Crippen LogP contribution in [0.3, 0.4) is 0 Å². The van der Waals surface area contributed by atoms with E-state index in [-0.39, 0.29) is 57.1 Å². The van der Waals surface area contributed by atoms with Gasteiger partial charge in [0, 0.05) is 36.7 Å². The number of unbranched alkanes of at least 4 members (excludes halogenated alkanes) is 11. The van der Waals surface area contributed by atoms with Gasteiger partial charge in [-0.25, -0.2) is 4.79 Å². The summed E-state index contributed by atoms with van der Waals surface area (Å²) in [4.78, 5) is 34.8. The van der Waals surface area contributed by atoms with E-state index in [1.807, 2.05) is 48.2 Å². The van der Waals surface area contributed by atoms with Gasteiger partial charge in [-0.15, -0.1) is 6.58 Å².